The molecule has 0 saturated carbocycles. The number of hydrogen-bond acceptors (Lipinski definition) is 5. The van der Waals surface area contributed by atoms with Crippen LogP contribution in [0, 0.1) is 6.92 Å². The second-order valence-electron chi connectivity index (χ2n) is 5.20. The van der Waals surface area contributed by atoms with Gasteiger partial charge in [0.1, 0.15) is 11.6 Å². The Morgan fingerprint density at radius 2 is 2.00 bits per heavy atom. The van der Waals surface area contributed by atoms with Gasteiger partial charge in [0.2, 0.25) is 5.91 Å². The summed E-state index contributed by atoms with van der Waals surface area (Å²) in [6.45, 7) is 6.12. The van der Waals surface area contributed by atoms with Crippen LogP contribution in [-0.2, 0) is 4.79 Å². The predicted molar refractivity (Wildman–Crippen MR) is 79.4 cm³/mol. The van der Waals surface area contributed by atoms with Crippen LogP contribution in [0.1, 0.15) is 12.7 Å². The number of nitrogens with one attached hydrogen (secondary N) is 1. The van der Waals surface area contributed by atoms with Gasteiger partial charge in [0.05, 0.1) is 17.1 Å². The van der Waals surface area contributed by atoms with Crippen molar-refractivity contribution in [2.45, 2.75) is 13.8 Å². The zero-order chi connectivity index (χ0) is 15.0. The van der Waals surface area contributed by atoms with Gasteiger partial charge in [0, 0.05) is 33.1 Å². The number of amides is 1. The van der Waals surface area contributed by atoms with Gasteiger partial charge in [0.25, 0.3) is 5.56 Å². The van der Waals surface area contributed by atoms with E-state index in [0.717, 1.165) is 18.9 Å². The highest BCUT2D eigenvalue weighted by Gasteiger charge is 2.20. The van der Waals surface area contributed by atoms with Gasteiger partial charge in [-0.05, 0) is 13.0 Å². The molecule has 1 amide bonds. The molecule has 7 nitrogen and oxygen atoms in total. The Bertz CT molecular complexity index is 747. The standard InChI is InChI=1S/C14H17N5O2/c1-9-16-12-8-15-13(7-11(12)14(21)17-9)19-5-3-18(4-6-19)10(2)20/h7-8H,3-6H2,1-2H3,(H,16,17,21). The Kier molecular flexibility index (Phi) is 3.32. The van der Waals surface area contributed by atoms with Crippen LogP contribution in [0.4, 0.5) is 5.82 Å². The normalized spacial score (nSPS) is 15.5. The van der Waals surface area contributed by atoms with Crippen molar-refractivity contribution in [3.63, 3.8) is 0 Å². The predicted octanol–water partition coefficient (Wildman–Crippen LogP) is 0.295. The third-order valence-corrected chi connectivity index (χ3v) is 3.74. The molecule has 2 aromatic rings. The van der Waals surface area contributed by atoms with E-state index in [1.54, 1.807) is 26.1 Å². The molecule has 110 valence electrons. The summed E-state index contributed by atoms with van der Waals surface area (Å²) in [5, 5.41) is 0.541. The van der Waals surface area contributed by atoms with Gasteiger partial charge in [-0.3, -0.25) is 9.59 Å². The van der Waals surface area contributed by atoms with Gasteiger partial charge in [-0.2, -0.15) is 0 Å². The van der Waals surface area contributed by atoms with Crippen molar-refractivity contribution in [3.8, 4) is 0 Å². The van der Waals surface area contributed by atoms with E-state index in [2.05, 4.69) is 19.9 Å². The summed E-state index contributed by atoms with van der Waals surface area (Å²) in [4.78, 5) is 38.6. The van der Waals surface area contributed by atoms with E-state index in [9.17, 15) is 9.59 Å². The average Bonchev–Trinajstić information content (AvgIpc) is 2.47. The highest BCUT2D eigenvalue weighted by Crippen LogP contribution is 2.17. The lowest BCUT2D eigenvalue weighted by molar-refractivity contribution is -0.129. The smallest absolute Gasteiger partial charge is 0.258 e. The van der Waals surface area contributed by atoms with Crippen LogP contribution in [0.2, 0.25) is 0 Å². The molecule has 0 spiro atoms. The van der Waals surface area contributed by atoms with Crippen molar-refractivity contribution in [1.82, 2.24) is 19.9 Å². The zero-order valence-corrected chi connectivity index (χ0v) is 12.1. The monoisotopic (exact) mass is 287 g/mol. The number of rotatable bonds is 1. The first-order valence-electron chi connectivity index (χ1n) is 6.92. The average molecular weight is 287 g/mol. The van der Waals surface area contributed by atoms with E-state index >= 15 is 0 Å². The molecular weight excluding hydrogens is 270 g/mol. The number of aromatic nitrogens is 3. The molecule has 7 heteroatoms. The van der Waals surface area contributed by atoms with Gasteiger partial charge in [-0.1, -0.05) is 0 Å². The van der Waals surface area contributed by atoms with Crippen LogP contribution < -0.4 is 10.5 Å². The highest BCUT2D eigenvalue weighted by atomic mass is 16.2. The van der Waals surface area contributed by atoms with Crippen LogP contribution in [-0.4, -0.2) is 51.9 Å². The Balaban J connectivity index is 1.89. The number of H-pyrrole nitrogens is 1. The number of pyridine rings is 1. The van der Waals surface area contributed by atoms with Crippen LogP contribution in [0.3, 0.4) is 0 Å². The number of fused-ring (bicyclic) bond motifs is 1. The van der Waals surface area contributed by atoms with Gasteiger partial charge >= 0.3 is 0 Å². The Hall–Kier alpha value is -2.44. The molecule has 0 atom stereocenters. The summed E-state index contributed by atoms with van der Waals surface area (Å²) in [6, 6.07) is 1.77. The maximum atomic E-state index is 12.0. The molecule has 0 radical (unpaired) electrons. The Morgan fingerprint density at radius 1 is 1.29 bits per heavy atom. The fourth-order valence-electron chi connectivity index (χ4n) is 2.57. The number of aryl methyl sites for hydroxylation is 1. The summed E-state index contributed by atoms with van der Waals surface area (Å²) >= 11 is 0. The largest absolute Gasteiger partial charge is 0.353 e. The third-order valence-electron chi connectivity index (χ3n) is 3.74. The van der Waals surface area contributed by atoms with Crippen LogP contribution in [0.15, 0.2) is 17.1 Å². The number of piperazine rings is 1. The third kappa shape index (κ3) is 2.58. The lowest BCUT2D eigenvalue weighted by Crippen LogP contribution is -2.48. The second-order valence-corrected chi connectivity index (χ2v) is 5.20. The summed E-state index contributed by atoms with van der Waals surface area (Å²) < 4.78 is 0. The van der Waals surface area contributed by atoms with Crippen molar-refractivity contribution in [1.29, 1.82) is 0 Å². The van der Waals surface area contributed by atoms with Gasteiger partial charge in [-0.15, -0.1) is 0 Å². The minimum atomic E-state index is -0.150. The number of aromatic amines is 1. The molecule has 1 fully saturated rings. The number of nitrogens with zero attached hydrogens (tertiary/aromatic N) is 4. The fourth-order valence-corrected chi connectivity index (χ4v) is 2.57. The van der Waals surface area contributed by atoms with Gasteiger partial charge < -0.3 is 14.8 Å². The van der Waals surface area contributed by atoms with Crippen LogP contribution in [0.25, 0.3) is 10.9 Å². The SMILES string of the molecule is CC(=O)N1CCN(c2cc3c(=O)[nH]c(C)nc3cn2)CC1. The van der Waals surface area contributed by atoms with E-state index in [4.69, 9.17) is 0 Å². The van der Waals surface area contributed by atoms with Crippen molar-refractivity contribution in [3.05, 3.63) is 28.4 Å². The van der Waals surface area contributed by atoms with Crippen molar-refractivity contribution in [2.24, 2.45) is 0 Å². The molecule has 21 heavy (non-hydrogen) atoms. The molecule has 1 aliphatic rings. The molecule has 3 rings (SSSR count). The summed E-state index contributed by atoms with van der Waals surface area (Å²) in [5.74, 6) is 1.43. The molecule has 0 aliphatic carbocycles. The number of hydrogen-bond donors (Lipinski definition) is 1. The van der Waals surface area contributed by atoms with E-state index in [-0.39, 0.29) is 11.5 Å². The quantitative estimate of drug-likeness (QED) is 0.815. The molecule has 0 bridgehead atoms. The molecular formula is C14H17N5O2. The van der Waals surface area contributed by atoms with Gasteiger partial charge in [0.15, 0.2) is 0 Å². The van der Waals surface area contributed by atoms with Crippen LogP contribution >= 0.6 is 0 Å². The van der Waals surface area contributed by atoms with Crippen molar-refractivity contribution >= 4 is 22.6 Å². The summed E-state index contributed by atoms with van der Waals surface area (Å²) in [7, 11) is 0. The summed E-state index contributed by atoms with van der Waals surface area (Å²) in [5.41, 5.74) is 0.450. The lowest BCUT2D eigenvalue weighted by atomic mass is 10.2. The molecule has 0 unspecified atom stereocenters. The molecule has 0 aromatic carbocycles. The number of carbonyl (C=O) groups is 1. The first kappa shape index (κ1) is 13.5. The fraction of sp³-hybridized carbons (Fsp3) is 0.429. The molecule has 1 N–H and O–H groups in total. The Labute approximate surface area is 121 Å². The molecule has 1 saturated heterocycles. The Morgan fingerprint density at radius 3 is 2.67 bits per heavy atom. The highest BCUT2D eigenvalue weighted by molar-refractivity contribution is 5.79. The van der Waals surface area contributed by atoms with E-state index in [1.165, 1.54) is 0 Å². The van der Waals surface area contributed by atoms with Crippen LogP contribution in [0.5, 0.6) is 0 Å². The maximum absolute atomic E-state index is 12.0. The zero-order valence-electron chi connectivity index (χ0n) is 12.1. The molecule has 1 aliphatic heterocycles. The topological polar surface area (TPSA) is 82.2 Å². The van der Waals surface area contributed by atoms with E-state index < -0.39 is 0 Å². The number of carbonyl (C=O) groups excluding carboxylic acids is 1. The molecule has 3 heterocycles. The maximum Gasteiger partial charge on any atom is 0.258 e. The lowest BCUT2D eigenvalue weighted by Gasteiger charge is -2.34. The minimum absolute atomic E-state index is 0.0947. The second kappa shape index (κ2) is 5.16. The van der Waals surface area contributed by atoms with E-state index in [0.29, 0.717) is 29.8 Å². The van der Waals surface area contributed by atoms with Crippen molar-refractivity contribution in [2.75, 3.05) is 31.1 Å². The van der Waals surface area contributed by atoms with Crippen molar-refractivity contribution < 1.29 is 4.79 Å². The van der Waals surface area contributed by atoms with E-state index in [1.807, 2.05) is 4.90 Å². The molecule has 2 aromatic heterocycles. The summed E-state index contributed by atoms with van der Waals surface area (Å²) in [6.07, 6.45) is 1.63. The number of anilines is 1. The van der Waals surface area contributed by atoms with Gasteiger partial charge in [-0.25, -0.2) is 9.97 Å². The first-order chi connectivity index (χ1) is 10.0. The minimum Gasteiger partial charge on any atom is -0.353 e. The first-order valence-corrected chi connectivity index (χ1v) is 6.92.